The first-order valence-corrected chi connectivity index (χ1v) is 12.0. The van der Waals surface area contributed by atoms with Gasteiger partial charge < -0.3 is 19.3 Å². The minimum absolute atomic E-state index is 0.00247. The second kappa shape index (κ2) is 4.26. The summed E-state index contributed by atoms with van der Waals surface area (Å²) in [4.78, 5) is 12.7. The normalized spacial score (nSPS) is 54.0. The largest absolute Gasteiger partial charge is 0.481 e. The number of rotatable bonds is 5. The van der Waals surface area contributed by atoms with E-state index in [4.69, 9.17) is 14.2 Å². The van der Waals surface area contributed by atoms with Crippen LogP contribution in [0.25, 0.3) is 0 Å². The van der Waals surface area contributed by atoms with Crippen LogP contribution in [0.15, 0.2) is 33.4 Å². The molecule has 3 saturated heterocycles. The Kier molecular flexibility index (Phi) is 2.31. The van der Waals surface area contributed by atoms with E-state index in [0.717, 1.165) is 51.4 Å². The quantitative estimate of drug-likeness (QED) is 0.707. The molecule has 3 aliphatic carbocycles. The van der Waals surface area contributed by atoms with Gasteiger partial charge in [-0.15, -0.1) is 0 Å². The van der Waals surface area contributed by atoms with Crippen molar-refractivity contribution in [2.24, 2.45) is 11.3 Å². The van der Waals surface area contributed by atoms with Gasteiger partial charge in [0.05, 0.1) is 29.6 Å². The lowest BCUT2D eigenvalue weighted by Gasteiger charge is -2.63. The van der Waals surface area contributed by atoms with Gasteiger partial charge in [0, 0.05) is 0 Å². The zero-order chi connectivity index (χ0) is 19.8. The van der Waals surface area contributed by atoms with E-state index in [1.165, 1.54) is 33.4 Å². The summed E-state index contributed by atoms with van der Waals surface area (Å²) in [5, 5.41) is 10.5. The molecule has 0 spiro atoms. The molecule has 9 rings (SSSR count). The van der Waals surface area contributed by atoms with Crippen molar-refractivity contribution in [3.63, 3.8) is 0 Å². The summed E-state index contributed by atoms with van der Waals surface area (Å²) >= 11 is 0. The van der Waals surface area contributed by atoms with Gasteiger partial charge in [-0.1, -0.05) is 6.92 Å². The van der Waals surface area contributed by atoms with Crippen LogP contribution in [0, 0.1) is 11.3 Å². The molecule has 1 N–H and O–H groups in total. The third-order valence-corrected chi connectivity index (χ3v) is 10.8. The van der Waals surface area contributed by atoms with Gasteiger partial charge in [-0.25, -0.2) is 0 Å². The Hall–Kier alpha value is -1.43. The van der Waals surface area contributed by atoms with Crippen LogP contribution in [-0.4, -0.2) is 46.2 Å². The van der Waals surface area contributed by atoms with Gasteiger partial charge in [0.1, 0.15) is 16.8 Å². The van der Waals surface area contributed by atoms with Gasteiger partial charge in [0.25, 0.3) is 0 Å². The minimum atomic E-state index is -0.770. The van der Waals surface area contributed by atoms with Crippen LogP contribution >= 0.6 is 0 Å². The molecule has 6 heterocycles. The number of carboxylic acid groups (broad SMARTS) is 1. The van der Waals surface area contributed by atoms with Gasteiger partial charge in [-0.2, -0.15) is 0 Å². The van der Waals surface area contributed by atoms with E-state index in [1.54, 1.807) is 0 Å². The average molecular weight is 406 g/mol. The number of ether oxygens (including phenoxy) is 3. The Morgan fingerprint density at radius 3 is 1.97 bits per heavy atom. The lowest BCUT2D eigenvalue weighted by atomic mass is 9.45. The molecular weight excluding hydrogens is 380 g/mol. The second-order valence-corrected chi connectivity index (χ2v) is 11.2. The van der Waals surface area contributed by atoms with E-state index < -0.39 is 34.1 Å². The number of fused-ring (bicyclic) bond motifs is 12. The molecular formula is C25H26O5. The standard InChI is InChI=1S/C25H26O5/c1-2-24(22-5-3-18(28-22)11-7-14(11)22,23-6-4-19(29-23)12-8-15(12)23)25-16-9-13(16)20(30-25)10-17(25)21(26)27/h17-20H,2-10H2,1H3,(H,26,27). The second-order valence-electron chi connectivity index (χ2n) is 11.2. The van der Waals surface area contributed by atoms with Crippen LogP contribution in [-0.2, 0) is 19.0 Å². The molecule has 156 valence electrons. The maximum Gasteiger partial charge on any atom is 0.309 e. The van der Waals surface area contributed by atoms with Crippen LogP contribution in [0.2, 0.25) is 0 Å². The summed E-state index contributed by atoms with van der Waals surface area (Å²) < 4.78 is 20.9. The zero-order valence-electron chi connectivity index (χ0n) is 17.3. The highest BCUT2D eigenvalue weighted by molar-refractivity contribution is 5.78. The van der Waals surface area contributed by atoms with E-state index >= 15 is 0 Å². The molecule has 7 unspecified atom stereocenters. The molecule has 5 nitrogen and oxygen atoms in total. The summed E-state index contributed by atoms with van der Waals surface area (Å²) in [7, 11) is 0. The van der Waals surface area contributed by atoms with E-state index in [2.05, 4.69) is 6.92 Å². The number of carbonyl (C=O) groups is 1. The summed E-state index contributed by atoms with van der Waals surface area (Å²) in [6, 6.07) is 0. The molecule has 7 atom stereocenters. The lowest BCUT2D eigenvalue weighted by Crippen LogP contribution is -2.73. The molecule has 6 bridgehead atoms. The average Bonchev–Trinajstić information content (AvgIpc) is 3.71. The molecule has 0 aromatic carbocycles. The SMILES string of the molecule is CCC(C12CCC(O1)C1=C2C1)(C12CCC(O1)C1=C2C1)C12OC(CC1C(=O)O)C1=C2C1. The van der Waals surface area contributed by atoms with Crippen LogP contribution in [0.3, 0.4) is 0 Å². The van der Waals surface area contributed by atoms with Crippen LogP contribution in [0.4, 0.5) is 0 Å². The van der Waals surface area contributed by atoms with Gasteiger partial charge in [0.2, 0.25) is 0 Å². The predicted molar refractivity (Wildman–Crippen MR) is 105 cm³/mol. The van der Waals surface area contributed by atoms with Crippen molar-refractivity contribution in [1.82, 2.24) is 0 Å². The highest BCUT2D eigenvalue weighted by Crippen LogP contribution is 2.83. The summed E-state index contributed by atoms with van der Waals surface area (Å²) in [6.07, 6.45) is 9.21. The number of hydrogen-bond donors (Lipinski definition) is 1. The Balaban J connectivity index is 1.39. The van der Waals surface area contributed by atoms with Crippen molar-refractivity contribution < 1.29 is 24.1 Å². The first-order valence-electron chi connectivity index (χ1n) is 12.0. The zero-order valence-corrected chi connectivity index (χ0v) is 17.3. The van der Waals surface area contributed by atoms with E-state index in [0.29, 0.717) is 6.42 Å². The molecule has 0 aromatic heterocycles. The van der Waals surface area contributed by atoms with Crippen molar-refractivity contribution in [1.29, 1.82) is 0 Å². The molecule has 3 fully saturated rings. The molecule has 6 aliphatic heterocycles. The first kappa shape index (κ1) is 16.2. The highest BCUT2D eigenvalue weighted by atomic mass is 16.6. The summed E-state index contributed by atoms with van der Waals surface area (Å²) in [6.45, 7) is 2.27. The van der Waals surface area contributed by atoms with Gasteiger partial charge in [-0.05, 0) is 91.2 Å². The van der Waals surface area contributed by atoms with E-state index in [1.807, 2.05) is 0 Å². The van der Waals surface area contributed by atoms with Crippen LogP contribution < -0.4 is 0 Å². The van der Waals surface area contributed by atoms with E-state index in [-0.39, 0.29) is 18.3 Å². The van der Waals surface area contributed by atoms with Crippen molar-refractivity contribution in [2.75, 3.05) is 0 Å². The van der Waals surface area contributed by atoms with Crippen molar-refractivity contribution in [3.05, 3.63) is 33.4 Å². The van der Waals surface area contributed by atoms with Gasteiger partial charge in [-0.3, -0.25) is 4.79 Å². The number of carboxylic acids is 1. The number of aliphatic carboxylic acids is 1. The van der Waals surface area contributed by atoms with Gasteiger partial charge >= 0.3 is 5.97 Å². The number of hydrogen-bond acceptors (Lipinski definition) is 4. The molecule has 30 heavy (non-hydrogen) atoms. The summed E-state index contributed by atoms with van der Waals surface area (Å²) in [5.41, 5.74) is 6.62. The Labute approximate surface area is 175 Å². The molecule has 9 aliphatic rings. The first-order chi connectivity index (χ1) is 14.5. The van der Waals surface area contributed by atoms with Crippen LogP contribution in [0.5, 0.6) is 0 Å². The molecule has 0 amide bonds. The van der Waals surface area contributed by atoms with Crippen LogP contribution in [0.1, 0.15) is 64.7 Å². The topological polar surface area (TPSA) is 65.0 Å². The Bertz CT molecular complexity index is 1060. The third-order valence-electron chi connectivity index (χ3n) is 10.8. The van der Waals surface area contributed by atoms with Crippen molar-refractivity contribution in [2.45, 2.75) is 99.8 Å². The monoisotopic (exact) mass is 406 g/mol. The lowest BCUT2D eigenvalue weighted by molar-refractivity contribution is -0.263. The van der Waals surface area contributed by atoms with Crippen molar-refractivity contribution >= 4 is 5.97 Å². The molecule has 0 radical (unpaired) electrons. The predicted octanol–water partition coefficient (Wildman–Crippen LogP) is 3.59. The highest BCUT2D eigenvalue weighted by Gasteiger charge is 2.88. The Morgan fingerprint density at radius 1 is 0.933 bits per heavy atom. The minimum Gasteiger partial charge on any atom is -0.481 e. The molecule has 0 aromatic rings. The maximum atomic E-state index is 12.7. The van der Waals surface area contributed by atoms with Crippen molar-refractivity contribution in [3.8, 4) is 0 Å². The maximum absolute atomic E-state index is 12.7. The fourth-order valence-corrected chi connectivity index (χ4v) is 9.93. The van der Waals surface area contributed by atoms with Gasteiger partial charge in [0.15, 0.2) is 0 Å². The molecule has 5 heteroatoms. The smallest absolute Gasteiger partial charge is 0.309 e. The summed E-state index contributed by atoms with van der Waals surface area (Å²) in [5.74, 6) is -1.19. The fraction of sp³-hybridized carbons (Fsp3) is 0.720. The fourth-order valence-electron chi connectivity index (χ4n) is 9.93. The molecule has 0 saturated carbocycles. The van der Waals surface area contributed by atoms with E-state index in [9.17, 15) is 9.90 Å². The Morgan fingerprint density at radius 2 is 1.50 bits per heavy atom. The third kappa shape index (κ3) is 1.26.